The Bertz CT molecular complexity index is 661. The molecule has 8 heteroatoms. The molecule has 0 N–H and O–H groups in total. The number of hydrogen-bond acceptors (Lipinski definition) is 7. The van der Waals surface area contributed by atoms with Crippen molar-refractivity contribution in [3.8, 4) is 0 Å². The van der Waals surface area contributed by atoms with Gasteiger partial charge in [0.25, 0.3) is 0 Å². The van der Waals surface area contributed by atoms with E-state index in [4.69, 9.17) is 0 Å². The lowest BCUT2D eigenvalue weighted by Crippen LogP contribution is -2.35. The van der Waals surface area contributed by atoms with Crippen molar-refractivity contribution in [1.82, 2.24) is 19.9 Å². The smallest absolute Gasteiger partial charge is 0.226 e. The normalized spacial score (nSPS) is 17.4. The number of nitrogens with zero attached hydrogens (tertiary/aromatic N) is 7. The molecule has 122 valence electrons. The summed E-state index contributed by atoms with van der Waals surface area (Å²) in [7, 11) is 5.97. The number of hydrogen-bond donors (Lipinski definition) is 0. The monoisotopic (exact) mass is 377 g/mol. The van der Waals surface area contributed by atoms with E-state index in [0.717, 1.165) is 41.7 Å². The zero-order valence-electron chi connectivity index (χ0n) is 13.5. The summed E-state index contributed by atoms with van der Waals surface area (Å²) in [6, 6.07) is 2.33. The van der Waals surface area contributed by atoms with Gasteiger partial charge in [-0.2, -0.15) is 4.98 Å². The van der Waals surface area contributed by atoms with E-state index in [1.54, 1.807) is 18.6 Å². The lowest BCUT2D eigenvalue weighted by Gasteiger charge is -2.26. The van der Waals surface area contributed by atoms with Crippen molar-refractivity contribution in [2.75, 3.05) is 48.9 Å². The maximum Gasteiger partial charge on any atom is 0.226 e. The average Bonchev–Trinajstić information content (AvgIpc) is 3.05. The molecule has 1 fully saturated rings. The first-order valence-electron chi connectivity index (χ1n) is 7.50. The topological polar surface area (TPSA) is 61.3 Å². The molecule has 0 saturated carbocycles. The zero-order chi connectivity index (χ0) is 16.4. The van der Waals surface area contributed by atoms with Crippen molar-refractivity contribution < 1.29 is 0 Å². The number of likely N-dealkylation sites (N-methyl/N-ethyl adjacent to an activating group) is 1. The highest BCUT2D eigenvalue weighted by molar-refractivity contribution is 9.10. The van der Waals surface area contributed by atoms with Crippen molar-refractivity contribution >= 4 is 33.6 Å². The fourth-order valence-corrected chi connectivity index (χ4v) is 2.85. The van der Waals surface area contributed by atoms with Crippen LogP contribution >= 0.6 is 15.9 Å². The quantitative estimate of drug-likeness (QED) is 0.804. The van der Waals surface area contributed by atoms with Gasteiger partial charge >= 0.3 is 0 Å². The molecule has 0 radical (unpaired) electrons. The van der Waals surface area contributed by atoms with Crippen molar-refractivity contribution in [3.05, 3.63) is 29.1 Å². The fourth-order valence-electron chi connectivity index (χ4n) is 2.65. The highest BCUT2D eigenvalue weighted by Crippen LogP contribution is 2.23. The first-order chi connectivity index (χ1) is 11.0. The van der Waals surface area contributed by atoms with Crippen LogP contribution in [0, 0.1) is 0 Å². The molecule has 2 aromatic rings. The minimum atomic E-state index is 0.382. The summed E-state index contributed by atoms with van der Waals surface area (Å²) < 4.78 is 0.895. The maximum atomic E-state index is 4.61. The first-order valence-corrected chi connectivity index (χ1v) is 8.29. The van der Waals surface area contributed by atoms with Crippen LogP contribution in [0.15, 0.2) is 29.1 Å². The minimum absolute atomic E-state index is 0.382. The van der Waals surface area contributed by atoms with Gasteiger partial charge in [0.05, 0.1) is 4.47 Å². The van der Waals surface area contributed by atoms with Gasteiger partial charge < -0.3 is 14.7 Å². The molecule has 1 atom stereocenters. The predicted octanol–water partition coefficient (Wildman–Crippen LogP) is 1.81. The summed E-state index contributed by atoms with van der Waals surface area (Å²) in [4.78, 5) is 24.0. The highest BCUT2D eigenvalue weighted by atomic mass is 79.9. The second-order valence-electron chi connectivity index (χ2n) is 5.81. The van der Waals surface area contributed by atoms with Gasteiger partial charge in [0.15, 0.2) is 0 Å². The van der Waals surface area contributed by atoms with Crippen LogP contribution in [0.1, 0.15) is 6.42 Å². The highest BCUT2D eigenvalue weighted by Gasteiger charge is 2.28. The van der Waals surface area contributed by atoms with E-state index in [9.17, 15) is 0 Å². The van der Waals surface area contributed by atoms with E-state index in [2.05, 4.69) is 52.7 Å². The number of anilines is 3. The third kappa shape index (κ3) is 3.52. The fraction of sp³-hybridized carbons (Fsp3) is 0.467. The van der Waals surface area contributed by atoms with Gasteiger partial charge in [-0.3, -0.25) is 0 Å². The molecule has 1 aliphatic heterocycles. The summed E-state index contributed by atoms with van der Waals surface area (Å²) in [5, 5.41) is 0. The Morgan fingerprint density at radius 1 is 1.17 bits per heavy atom. The summed E-state index contributed by atoms with van der Waals surface area (Å²) in [5.41, 5.74) is 0. The minimum Gasteiger partial charge on any atom is -0.355 e. The second kappa shape index (κ2) is 6.66. The molecule has 1 saturated heterocycles. The van der Waals surface area contributed by atoms with Crippen LogP contribution in [-0.4, -0.2) is 60.2 Å². The van der Waals surface area contributed by atoms with Gasteiger partial charge in [-0.05, 0) is 28.4 Å². The molecule has 1 aliphatic rings. The van der Waals surface area contributed by atoms with Crippen molar-refractivity contribution in [2.45, 2.75) is 12.5 Å². The standard InChI is InChI=1S/C15H20BrN7/c1-21(2)15-17-6-4-13(20-15)22(3)12-5-7-23(10-12)14-18-8-11(16)9-19-14/h4,6,8-9,12H,5,7,10H2,1-3H3. The number of halogens is 1. The van der Waals surface area contributed by atoms with Gasteiger partial charge in [0.1, 0.15) is 5.82 Å². The Morgan fingerprint density at radius 2 is 1.91 bits per heavy atom. The zero-order valence-corrected chi connectivity index (χ0v) is 15.1. The predicted molar refractivity (Wildman–Crippen MR) is 95.1 cm³/mol. The lowest BCUT2D eigenvalue weighted by atomic mass is 10.2. The molecule has 7 nitrogen and oxygen atoms in total. The van der Waals surface area contributed by atoms with Gasteiger partial charge in [-0.25, -0.2) is 15.0 Å². The van der Waals surface area contributed by atoms with Gasteiger partial charge in [0.2, 0.25) is 11.9 Å². The van der Waals surface area contributed by atoms with E-state index in [1.807, 2.05) is 25.1 Å². The van der Waals surface area contributed by atoms with Crippen LogP contribution in [0.25, 0.3) is 0 Å². The largest absolute Gasteiger partial charge is 0.355 e. The molecule has 0 bridgehead atoms. The first kappa shape index (κ1) is 15.9. The van der Waals surface area contributed by atoms with Crippen LogP contribution in [0.4, 0.5) is 17.7 Å². The van der Waals surface area contributed by atoms with Crippen LogP contribution in [0.2, 0.25) is 0 Å². The summed E-state index contributed by atoms with van der Waals surface area (Å²) >= 11 is 3.37. The average molecular weight is 378 g/mol. The molecule has 2 aromatic heterocycles. The van der Waals surface area contributed by atoms with Crippen molar-refractivity contribution in [2.24, 2.45) is 0 Å². The van der Waals surface area contributed by atoms with Crippen LogP contribution in [0.5, 0.6) is 0 Å². The molecule has 0 aromatic carbocycles. The number of rotatable bonds is 4. The lowest BCUT2D eigenvalue weighted by molar-refractivity contribution is 0.682. The molecule has 0 aliphatic carbocycles. The Balaban J connectivity index is 1.71. The third-order valence-corrected chi connectivity index (χ3v) is 4.40. The Hall–Kier alpha value is -1.96. The molecule has 3 rings (SSSR count). The Labute approximate surface area is 144 Å². The molecular weight excluding hydrogens is 358 g/mol. The summed E-state index contributed by atoms with van der Waals surface area (Å²) in [6.07, 6.45) is 6.43. The SMILES string of the molecule is CN(C)c1nccc(N(C)C2CCN(c3ncc(Br)cn3)C2)n1. The summed E-state index contributed by atoms with van der Waals surface area (Å²) in [6.45, 7) is 1.84. The van der Waals surface area contributed by atoms with Crippen molar-refractivity contribution in [3.63, 3.8) is 0 Å². The Morgan fingerprint density at radius 3 is 2.61 bits per heavy atom. The molecular formula is C15H20BrN7. The third-order valence-electron chi connectivity index (χ3n) is 3.99. The molecule has 0 spiro atoms. The number of aromatic nitrogens is 4. The molecule has 0 amide bonds. The van der Waals surface area contributed by atoms with E-state index in [1.165, 1.54) is 0 Å². The van der Waals surface area contributed by atoms with Gasteiger partial charge in [-0.1, -0.05) is 0 Å². The van der Waals surface area contributed by atoms with Crippen LogP contribution < -0.4 is 14.7 Å². The maximum absolute atomic E-state index is 4.61. The van der Waals surface area contributed by atoms with E-state index < -0.39 is 0 Å². The summed E-state index contributed by atoms with van der Waals surface area (Å²) in [5.74, 6) is 2.44. The van der Waals surface area contributed by atoms with E-state index in [0.29, 0.717) is 6.04 Å². The molecule has 1 unspecified atom stereocenters. The van der Waals surface area contributed by atoms with Crippen molar-refractivity contribution in [1.29, 1.82) is 0 Å². The van der Waals surface area contributed by atoms with Crippen LogP contribution in [0.3, 0.4) is 0 Å². The molecule has 3 heterocycles. The van der Waals surface area contributed by atoms with E-state index in [-0.39, 0.29) is 0 Å². The van der Waals surface area contributed by atoms with E-state index >= 15 is 0 Å². The molecule has 23 heavy (non-hydrogen) atoms. The van der Waals surface area contributed by atoms with Gasteiger partial charge in [-0.15, -0.1) is 0 Å². The van der Waals surface area contributed by atoms with Crippen LogP contribution in [-0.2, 0) is 0 Å². The Kier molecular flexibility index (Phi) is 4.61. The van der Waals surface area contributed by atoms with Gasteiger partial charge in [0, 0.05) is 58.9 Å². The second-order valence-corrected chi connectivity index (χ2v) is 6.73.